The van der Waals surface area contributed by atoms with Crippen molar-refractivity contribution < 1.29 is 9.53 Å². The molecule has 1 amide bonds. The third-order valence-corrected chi connectivity index (χ3v) is 4.11. The van der Waals surface area contributed by atoms with Crippen molar-refractivity contribution >= 4 is 17.3 Å². The number of hydrogen-bond acceptors (Lipinski definition) is 3. The molecule has 2 rings (SSSR count). The van der Waals surface area contributed by atoms with Gasteiger partial charge in [-0.1, -0.05) is 19.8 Å². The molecule has 0 radical (unpaired) electrons. The Morgan fingerprint density at radius 1 is 1.30 bits per heavy atom. The number of carbonyl (C=O) groups excluding carboxylic acids is 1. The summed E-state index contributed by atoms with van der Waals surface area (Å²) in [6, 6.07) is 7.28. The number of amides is 1. The van der Waals surface area contributed by atoms with E-state index in [1.54, 1.807) is 24.1 Å². The highest BCUT2D eigenvalue weighted by Crippen LogP contribution is 2.26. The minimum atomic E-state index is -0.0208. The molecule has 1 aliphatic carbocycles. The normalized spacial score (nSPS) is 22.5. The molecule has 0 aromatic heterocycles. The van der Waals surface area contributed by atoms with Crippen LogP contribution in [0.5, 0.6) is 0 Å². The van der Waals surface area contributed by atoms with Gasteiger partial charge < -0.3 is 15.4 Å². The second kappa shape index (κ2) is 6.75. The molecule has 0 heterocycles. The van der Waals surface area contributed by atoms with Gasteiger partial charge in [-0.15, -0.1) is 0 Å². The van der Waals surface area contributed by atoms with E-state index in [0.717, 1.165) is 12.1 Å². The molecule has 0 bridgehead atoms. The number of likely N-dealkylation sites (N-methyl/N-ethyl adjacent to an activating group) is 1. The first-order valence-electron chi connectivity index (χ1n) is 7.31. The third kappa shape index (κ3) is 3.73. The number of hydrogen-bond donors (Lipinski definition) is 1. The average Bonchev–Trinajstić information content (AvgIpc) is 2.46. The number of carbonyl (C=O) groups is 1. The van der Waals surface area contributed by atoms with Crippen LogP contribution >= 0.6 is 0 Å². The lowest BCUT2D eigenvalue weighted by atomic mass is 9.88. The number of benzene rings is 1. The first kappa shape index (κ1) is 14.9. The Balaban J connectivity index is 1.86. The molecule has 2 N–H and O–H groups in total. The lowest BCUT2D eigenvalue weighted by molar-refractivity contribution is -0.126. The van der Waals surface area contributed by atoms with Crippen molar-refractivity contribution in [3.8, 4) is 0 Å². The monoisotopic (exact) mass is 276 g/mol. The van der Waals surface area contributed by atoms with Crippen LogP contribution in [0.2, 0.25) is 0 Å². The van der Waals surface area contributed by atoms with Gasteiger partial charge in [0.25, 0.3) is 5.91 Å². The van der Waals surface area contributed by atoms with E-state index in [0.29, 0.717) is 11.6 Å². The summed E-state index contributed by atoms with van der Waals surface area (Å²) >= 11 is 0. The lowest BCUT2D eigenvalue weighted by Gasteiger charge is -2.29. The summed E-state index contributed by atoms with van der Waals surface area (Å²) in [6.07, 6.45) is 4.98. The van der Waals surface area contributed by atoms with Crippen LogP contribution < -0.4 is 10.6 Å². The summed E-state index contributed by atoms with van der Waals surface area (Å²) < 4.78 is 5.81. The van der Waals surface area contributed by atoms with E-state index in [4.69, 9.17) is 10.5 Å². The molecule has 2 unspecified atom stereocenters. The van der Waals surface area contributed by atoms with Gasteiger partial charge in [-0.05, 0) is 43.0 Å². The zero-order valence-corrected chi connectivity index (χ0v) is 12.3. The van der Waals surface area contributed by atoms with E-state index in [9.17, 15) is 4.79 Å². The Morgan fingerprint density at radius 3 is 2.60 bits per heavy atom. The third-order valence-electron chi connectivity index (χ3n) is 4.11. The van der Waals surface area contributed by atoms with Crippen LogP contribution in [0, 0.1) is 5.92 Å². The molecule has 1 aliphatic rings. The molecule has 4 nitrogen and oxygen atoms in total. The molecule has 0 aliphatic heterocycles. The Bertz CT molecular complexity index is 444. The fraction of sp³-hybridized carbons (Fsp3) is 0.562. The van der Waals surface area contributed by atoms with E-state index < -0.39 is 0 Å². The van der Waals surface area contributed by atoms with Crippen molar-refractivity contribution in [1.82, 2.24) is 0 Å². The topological polar surface area (TPSA) is 55.6 Å². The fourth-order valence-corrected chi connectivity index (χ4v) is 2.65. The Kier molecular flexibility index (Phi) is 5.01. The molecule has 4 heteroatoms. The van der Waals surface area contributed by atoms with Crippen molar-refractivity contribution in [3.05, 3.63) is 24.3 Å². The van der Waals surface area contributed by atoms with Gasteiger partial charge in [-0.3, -0.25) is 4.79 Å². The Hall–Kier alpha value is -1.55. The predicted octanol–water partition coefficient (Wildman–Crippen LogP) is 2.83. The highest BCUT2D eigenvalue weighted by molar-refractivity contribution is 5.93. The van der Waals surface area contributed by atoms with Crippen LogP contribution in [0.25, 0.3) is 0 Å². The molecule has 1 fully saturated rings. The highest BCUT2D eigenvalue weighted by atomic mass is 16.5. The quantitative estimate of drug-likeness (QED) is 0.860. The van der Waals surface area contributed by atoms with Gasteiger partial charge >= 0.3 is 0 Å². The van der Waals surface area contributed by atoms with Crippen molar-refractivity contribution in [1.29, 1.82) is 0 Å². The largest absolute Gasteiger partial charge is 0.399 e. The van der Waals surface area contributed by atoms with Crippen LogP contribution in [-0.2, 0) is 9.53 Å². The first-order valence-corrected chi connectivity index (χ1v) is 7.31. The maximum Gasteiger partial charge on any atom is 0.252 e. The van der Waals surface area contributed by atoms with Crippen LogP contribution in [0.1, 0.15) is 32.6 Å². The van der Waals surface area contributed by atoms with Crippen molar-refractivity contribution in [2.45, 2.75) is 38.7 Å². The number of rotatable bonds is 4. The van der Waals surface area contributed by atoms with Gasteiger partial charge in [0.2, 0.25) is 0 Å². The zero-order valence-electron chi connectivity index (χ0n) is 12.3. The number of nitrogen functional groups attached to an aromatic ring is 1. The van der Waals surface area contributed by atoms with E-state index in [1.165, 1.54) is 19.3 Å². The van der Waals surface area contributed by atoms with E-state index in [-0.39, 0.29) is 18.6 Å². The molecule has 1 aromatic carbocycles. The molecule has 0 saturated heterocycles. The summed E-state index contributed by atoms with van der Waals surface area (Å²) in [4.78, 5) is 13.8. The summed E-state index contributed by atoms with van der Waals surface area (Å²) in [7, 11) is 1.77. The second-order valence-electron chi connectivity index (χ2n) is 5.66. The summed E-state index contributed by atoms with van der Waals surface area (Å²) in [5.41, 5.74) is 7.18. The number of nitrogens with two attached hydrogens (primary N) is 1. The van der Waals surface area contributed by atoms with Crippen LogP contribution in [0.3, 0.4) is 0 Å². The van der Waals surface area contributed by atoms with Crippen LogP contribution in [-0.4, -0.2) is 25.7 Å². The molecule has 20 heavy (non-hydrogen) atoms. The first-order chi connectivity index (χ1) is 9.58. The zero-order chi connectivity index (χ0) is 14.5. The average molecular weight is 276 g/mol. The van der Waals surface area contributed by atoms with Gasteiger partial charge in [0, 0.05) is 18.4 Å². The SMILES string of the molecule is CC1CCCCC1OCC(=O)N(C)c1ccc(N)cc1. The van der Waals surface area contributed by atoms with Crippen molar-refractivity contribution in [2.24, 2.45) is 5.92 Å². The minimum Gasteiger partial charge on any atom is -0.399 e. The lowest BCUT2D eigenvalue weighted by Crippen LogP contribution is -2.34. The molecular formula is C16H24N2O2. The number of anilines is 2. The number of nitrogens with zero attached hydrogens (tertiary/aromatic N) is 1. The summed E-state index contributed by atoms with van der Waals surface area (Å²) in [5, 5.41) is 0. The van der Waals surface area contributed by atoms with Gasteiger partial charge in [0.15, 0.2) is 0 Å². The molecule has 1 saturated carbocycles. The smallest absolute Gasteiger partial charge is 0.252 e. The second-order valence-corrected chi connectivity index (χ2v) is 5.66. The van der Waals surface area contributed by atoms with Gasteiger partial charge in [-0.2, -0.15) is 0 Å². The fourth-order valence-electron chi connectivity index (χ4n) is 2.65. The van der Waals surface area contributed by atoms with E-state index in [1.807, 2.05) is 12.1 Å². The maximum absolute atomic E-state index is 12.1. The Labute approximate surface area is 120 Å². The number of ether oxygens (including phenoxy) is 1. The van der Waals surface area contributed by atoms with E-state index >= 15 is 0 Å². The summed E-state index contributed by atoms with van der Waals surface area (Å²) in [5.74, 6) is 0.533. The predicted molar refractivity (Wildman–Crippen MR) is 81.6 cm³/mol. The van der Waals surface area contributed by atoms with E-state index in [2.05, 4.69) is 6.92 Å². The molecular weight excluding hydrogens is 252 g/mol. The van der Waals surface area contributed by atoms with Crippen molar-refractivity contribution in [3.63, 3.8) is 0 Å². The van der Waals surface area contributed by atoms with Crippen LogP contribution in [0.15, 0.2) is 24.3 Å². The maximum atomic E-state index is 12.1. The molecule has 2 atom stereocenters. The Morgan fingerprint density at radius 2 is 1.95 bits per heavy atom. The minimum absolute atomic E-state index is 0.0208. The van der Waals surface area contributed by atoms with Gasteiger partial charge in [-0.25, -0.2) is 0 Å². The van der Waals surface area contributed by atoms with Crippen molar-refractivity contribution in [2.75, 3.05) is 24.3 Å². The van der Waals surface area contributed by atoms with Crippen LogP contribution in [0.4, 0.5) is 11.4 Å². The standard InChI is InChI=1S/C16H24N2O2/c1-12-5-3-4-6-15(12)20-11-16(19)18(2)14-9-7-13(17)8-10-14/h7-10,12,15H,3-6,11,17H2,1-2H3. The van der Waals surface area contributed by atoms with Gasteiger partial charge in [0.05, 0.1) is 6.10 Å². The summed E-state index contributed by atoms with van der Waals surface area (Å²) in [6.45, 7) is 2.36. The molecule has 110 valence electrons. The highest BCUT2D eigenvalue weighted by Gasteiger charge is 2.23. The molecule has 0 spiro atoms. The van der Waals surface area contributed by atoms with Gasteiger partial charge in [0.1, 0.15) is 6.61 Å². The molecule has 1 aromatic rings.